The maximum absolute atomic E-state index is 13.0. The molecule has 0 unspecified atom stereocenters. The summed E-state index contributed by atoms with van der Waals surface area (Å²) in [6, 6.07) is 27.5. The number of benzene rings is 4. The maximum atomic E-state index is 13.0. The van der Waals surface area contributed by atoms with Crippen LogP contribution in [0, 0.1) is 0 Å². The van der Waals surface area contributed by atoms with E-state index in [9.17, 15) is 18.0 Å². The molecule has 0 saturated carbocycles. The number of aromatic nitrogens is 2. The first-order valence-corrected chi connectivity index (χ1v) is 14.0. The third-order valence-electron chi connectivity index (χ3n) is 6.77. The summed E-state index contributed by atoms with van der Waals surface area (Å²) in [5.74, 6) is -0.360. The fourth-order valence-corrected chi connectivity index (χ4v) is 5.57. The zero-order valence-corrected chi connectivity index (χ0v) is 22.9. The molecular weight excluding hydrogens is 559 g/mol. The molecule has 6 rings (SSSR count). The molecule has 2 heterocycles. The van der Waals surface area contributed by atoms with Crippen LogP contribution in [-0.2, 0) is 23.9 Å². The lowest BCUT2D eigenvalue weighted by Gasteiger charge is -2.09. The van der Waals surface area contributed by atoms with Gasteiger partial charge in [0, 0.05) is 40.3 Å². The maximum Gasteiger partial charge on any atom is 0.416 e. The molecular formula is C32H24F3N5OS. The quantitative estimate of drug-likeness (QED) is 0.142. The van der Waals surface area contributed by atoms with Crippen molar-refractivity contribution in [3.8, 4) is 0 Å². The first-order chi connectivity index (χ1) is 20.3. The number of alkyl halides is 3. The van der Waals surface area contributed by atoms with Gasteiger partial charge in [0.15, 0.2) is 5.13 Å². The van der Waals surface area contributed by atoms with Gasteiger partial charge in [-0.3, -0.25) is 4.79 Å². The molecule has 0 spiro atoms. The van der Waals surface area contributed by atoms with Crippen LogP contribution in [0.15, 0.2) is 108 Å². The zero-order valence-electron chi connectivity index (χ0n) is 22.1. The molecule has 0 fully saturated rings. The minimum Gasteiger partial charge on any atom is -0.342 e. The average molecular weight is 584 g/mol. The summed E-state index contributed by atoms with van der Waals surface area (Å²) in [7, 11) is 0. The Hall–Kier alpha value is -4.96. The van der Waals surface area contributed by atoms with Gasteiger partial charge in [0.1, 0.15) is 0 Å². The van der Waals surface area contributed by atoms with Crippen molar-refractivity contribution in [1.82, 2.24) is 15.0 Å². The van der Waals surface area contributed by atoms with Crippen LogP contribution in [-0.4, -0.2) is 21.7 Å². The van der Waals surface area contributed by atoms with Gasteiger partial charge in [-0.1, -0.05) is 66.7 Å². The number of para-hydroxylation sites is 1. The van der Waals surface area contributed by atoms with E-state index >= 15 is 0 Å². The van der Waals surface area contributed by atoms with E-state index in [1.54, 1.807) is 11.6 Å². The second-order valence-corrected chi connectivity index (χ2v) is 10.5. The Morgan fingerprint density at radius 2 is 1.71 bits per heavy atom. The Morgan fingerprint density at radius 3 is 2.57 bits per heavy atom. The van der Waals surface area contributed by atoms with Crippen LogP contribution in [0.2, 0.25) is 0 Å². The highest BCUT2D eigenvalue weighted by Gasteiger charge is 2.30. The van der Waals surface area contributed by atoms with E-state index < -0.39 is 11.7 Å². The molecule has 42 heavy (non-hydrogen) atoms. The second kappa shape index (κ2) is 11.5. The average Bonchev–Trinajstić information content (AvgIpc) is 3.57. The number of halogens is 3. The van der Waals surface area contributed by atoms with Crippen molar-refractivity contribution in [2.75, 3.05) is 5.32 Å². The van der Waals surface area contributed by atoms with Crippen molar-refractivity contribution in [3.63, 3.8) is 0 Å². The first kappa shape index (κ1) is 27.2. The lowest BCUT2D eigenvalue weighted by Crippen LogP contribution is -2.19. The monoisotopic (exact) mass is 583 g/mol. The van der Waals surface area contributed by atoms with Gasteiger partial charge >= 0.3 is 6.18 Å². The lowest BCUT2D eigenvalue weighted by molar-refractivity contribution is -0.137. The number of nitrogens with zero attached hydrogens (tertiary/aromatic N) is 3. The Morgan fingerprint density at radius 1 is 0.952 bits per heavy atom. The molecule has 2 N–H and O–H groups in total. The van der Waals surface area contributed by atoms with Gasteiger partial charge in [-0.15, -0.1) is 11.3 Å². The number of hydrogen-bond donors (Lipinski definition) is 2. The molecule has 210 valence electrons. The van der Waals surface area contributed by atoms with Crippen molar-refractivity contribution in [1.29, 1.82) is 0 Å². The first-order valence-electron chi connectivity index (χ1n) is 13.1. The molecule has 1 amide bonds. The van der Waals surface area contributed by atoms with Gasteiger partial charge in [-0.05, 0) is 40.6 Å². The fourth-order valence-electron chi connectivity index (χ4n) is 4.84. The summed E-state index contributed by atoms with van der Waals surface area (Å²) in [5, 5.41) is 12.5. The van der Waals surface area contributed by atoms with E-state index in [2.05, 4.69) is 61.8 Å². The Bertz CT molecular complexity index is 1920. The summed E-state index contributed by atoms with van der Waals surface area (Å²) in [5.41, 5.74) is 5.67. The van der Waals surface area contributed by atoms with Crippen molar-refractivity contribution >= 4 is 56.0 Å². The molecule has 6 aromatic rings. The largest absolute Gasteiger partial charge is 0.416 e. The van der Waals surface area contributed by atoms with Gasteiger partial charge in [-0.25, -0.2) is 10.4 Å². The van der Waals surface area contributed by atoms with Crippen LogP contribution in [0.3, 0.4) is 0 Å². The zero-order chi connectivity index (χ0) is 29.1. The van der Waals surface area contributed by atoms with Gasteiger partial charge in [-0.2, -0.15) is 18.3 Å². The number of amides is 1. The Kier molecular flexibility index (Phi) is 7.45. The van der Waals surface area contributed by atoms with Crippen LogP contribution in [0.5, 0.6) is 0 Å². The lowest BCUT2D eigenvalue weighted by atomic mass is 10.0. The highest BCUT2D eigenvalue weighted by molar-refractivity contribution is 7.13. The number of nitrogens with one attached hydrogen (secondary N) is 2. The number of rotatable bonds is 8. The van der Waals surface area contributed by atoms with E-state index in [-0.39, 0.29) is 18.0 Å². The number of fused-ring (bicyclic) bond motifs is 2. The van der Waals surface area contributed by atoms with E-state index in [4.69, 9.17) is 0 Å². The minimum atomic E-state index is -4.43. The summed E-state index contributed by atoms with van der Waals surface area (Å²) in [6.45, 7) is 0.683. The van der Waals surface area contributed by atoms with Crippen molar-refractivity contribution in [3.05, 3.63) is 125 Å². The molecule has 10 heteroatoms. The molecule has 0 radical (unpaired) electrons. The van der Waals surface area contributed by atoms with Crippen molar-refractivity contribution in [2.24, 2.45) is 5.10 Å². The smallest absolute Gasteiger partial charge is 0.342 e. The molecule has 0 bridgehead atoms. The summed E-state index contributed by atoms with van der Waals surface area (Å²) < 4.78 is 41.1. The van der Waals surface area contributed by atoms with E-state index in [1.807, 2.05) is 36.5 Å². The number of hydrazone groups is 1. The van der Waals surface area contributed by atoms with Crippen molar-refractivity contribution < 1.29 is 18.0 Å². The minimum absolute atomic E-state index is 0.0268. The van der Waals surface area contributed by atoms with Gasteiger partial charge in [0.2, 0.25) is 5.91 Å². The molecule has 2 aromatic heterocycles. The van der Waals surface area contributed by atoms with E-state index in [0.29, 0.717) is 17.4 Å². The number of hydrogen-bond acceptors (Lipinski definition) is 5. The van der Waals surface area contributed by atoms with Crippen LogP contribution in [0.4, 0.5) is 24.0 Å². The van der Waals surface area contributed by atoms with Crippen LogP contribution >= 0.6 is 11.3 Å². The van der Waals surface area contributed by atoms with Gasteiger partial charge in [0.25, 0.3) is 0 Å². The highest BCUT2D eigenvalue weighted by atomic mass is 32.1. The molecule has 0 atom stereocenters. The second-order valence-electron chi connectivity index (χ2n) is 9.69. The van der Waals surface area contributed by atoms with Crippen LogP contribution < -0.4 is 10.7 Å². The van der Waals surface area contributed by atoms with Gasteiger partial charge < -0.3 is 9.88 Å². The topological polar surface area (TPSA) is 71.3 Å². The van der Waals surface area contributed by atoms with E-state index in [0.717, 1.165) is 28.6 Å². The normalized spacial score (nSPS) is 11.9. The Balaban J connectivity index is 1.12. The molecule has 4 aromatic carbocycles. The Labute approximate surface area is 243 Å². The number of anilines is 2. The molecule has 0 aliphatic carbocycles. The SMILES string of the molecule is O=C(Cc1csc(Nc2cccc(C(F)(F)F)c2)n1)N/N=C\c1cn(Cc2cccc3ccccc23)c2ccccc12. The molecule has 0 saturated heterocycles. The van der Waals surface area contributed by atoms with Crippen molar-refractivity contribution in [2.45, 2.75) is 19.1 Å². The summed E-state index contributed by atoms with van der Waals surface area (Å²) in [6.07, 6.45) is -0.813. The molecule has 6 nitrogen and oxygen atoms in total. The van der Waals surface area contributed by atoms with E-state index in [1.165, 1.54) is 39.8 Å². The summed E-state index contributed by atoms with van der Waals surface area (Å²) in [4.78, 5) is 16.9. The van der Waals surface area contributed by atoms with Crippen LogP contribution in [0.1, 0.15) is 22.4 Å². The third-order valence-corrected chi connectivity index (χ3v) is 7.57. The number of carbonyl (C=O) groups is 1. The standard InChI is InChI=1S/C32H24F3N5OS/c33-32(34,35)24-10-6-11-25(15-24)37-31-38-26(20-42-31)16-30(41)39-36-17-23-19-40(29-14-4-3-13-28(23)29)18-22-9-5-8-21-7-1-2-12-27(21)22/h1-15,17,19-20H,16,18H2,(H,37,38)(H,39,41)/b36-17-. The predicted octanol–water partition coefficient (Wildman–Crippen LogP) is 7.75. The number of thiazole rings is 1. The van der Waals surface area contributed by atoms with Gasteiger partial charge in [0.05, 0.1) is 23.9 Å². The highest BCUT2D eigenvalue weighted by Crippen LogP contribution is 2.32. The molecule has 0 aliphatic heterocycles. The van der Waals surface area contributed by atoms with Crippen LogP contribution in [0.25, 0.3) is 21.7 Å². The molecule has 0 aliphatic rings. The number of carbonyl (C=O) groups excluding carboxylic acids is 1. The fraction of sp³-hybridized carbons (Fsp3) is 0.0938. The summed E-state index contributed by atoms with van der Waals surface area (Å²) >= 11 is 1.20. The predicted molar refractivity (Wildman–Crippen MR) is 161 cm³/mol. The third kappa shape index (κ3) is 6.03.